The Kier molecular flexibility index (Phi) is 3.75. The SMILES string of the molecule is CCC[C@@H]1NC(=O)N(Cc2cc(F)cc3cccnc23)C1=O. The Morgan fingerprint density at radius 1 is 1.36 bits per heavy atom. The zero-order chi connectivity index (χ0) is 15.7. The summed E-state index contributed by atoms with van der Waals surface area (Å²) in [4.78, 5) is 29.6. The molecule has 1 fully saturated rings. The molecular formula is C16H16FN3O2. The molecule has 114 valence electrons. The number of halogens is 1. The summed E-state index contributed by atoms with van der Waals surface area (Å²) in [7, 11) is 0. The standard InChI is InChI=1S/C16H16FN3O2/c1-2-4-13-15(21)20(16(22)19-13)9-11-8-12(17)7-10-5-3-6-18-14(10)11/h3,5-8,13H,2,4,9H2,1H3,(H,19,22)/t13-/m0/s1. The lowest BCUT2D eigenvalue weighted by molar-refractivity contribution is -0.128. The van der Waals surface area contributed by atoms with E-state index >= 15 is 0 Å². The van der Waals surface area contributed by atoms with E-state index in [4.69, 9.17) is 0 Å². The number of nitrogens with zero attached hydrogens (tertiary/aromatic N) is 2. The van der Waals surface area contributed by atoms with Gasteiger partial charge in [0.2, 0.25) is 0 Å². The highest BCUT2D eigenvalue weighted by Crippen LogP contribution is 2.22. The molecule has 3 rings (SSSR count). The molecule has 1 atom stereocenters. The first-order chi connectivity index (χ1) is 10.6. The molecule has 1 saturated heterocycles. The molecule has 1 aliphatic heterocycles. The Morgan fingerprint density at radius 3 is 2.95 bits per heavy atom. The normalized spacial score (nSPS) is 18.1. The number of pyridine rings is 1. The number of aromatic nitrogens is 1. The fourth-order valence-corrected chi connectivity index (χ4v) is 2.73. The van der Waals surface area contributed by atoms with Gasteiger partial charge < -0.3 is 5.32 Å². The molecule has 0 spiro atoms. The van der Waals surface area contributed by atoms with Gasteiger partial charge in [-0.05, 0) is 24.6 Å². The third kappa shape index (κ3) is 2.52. The van der Waals surface area contributed by atoms with Crippen LogP contribution < -0.4 is 5.32 Å². The van der Waals surface area contributed by atoms with Gasteiger partial charge in [0.05, 0.1) is 12.1 Å². The first-order valence-corrected chi connectivity index (χ1v) is 7.25. The van der Waals surface area contributed by atoms with Gasteiger partial charge in [-0.2, -0.15) is 0 Å². The van der Waals surface area contributed by atoms with Crippen molar-refractivity contribution in [1.29, 1.82) is 0 Å². The molecule has 0 saturated carbocycles. The number of hydrogen-bond donors (Lipinski definition) is 1. The second kappa shape index (κ2) is 5.71. The van der Waals surface area contributed by atoms with Crippen molar-refractivity contribution in [2.45, 2.75) is 32.4 Å². The molecule has 5 nitrogen and oxygen atoms in total. The zero-order valence-electron chi connectivity index (χ0n) is 12.2. The van der Waals surface area contributed by atoms with Gasteiger partial charge in [0.1, 0.15) is 11.9 Å². The van der Waals surface area contributed by atoms with Crippen molar-refractivity contribution in [1.82, 2.24) is 15.2 Å². The number of benzene rings is 1. The van der Waals surface area contributed by atoms with E-state index in [0.29, 0.717) is 22.9 Å². The van der Waals surface area contributed by atoms with E-state index in [-0.39, 0.29) is 12.5 Å². The summed E-state index contributed by atoms with van der Waals surface area (Å²) in [6, 6.07) is 5.26. The molecule has 3 amide bonds. The first-order valence-electron chi connectivity index (χ1n) is 7.25. The smallest absolute Gasteiger partial charge is 0.325 e. The van der Waals surface area contributed by atoms with Crippen LogP contribution in [0.3, 0.4) is 0 Å². The van der Waals surface area contributed by atoms with Crippen LogP contribution in [0, 0.1) is 5.82 Å². The average molecular weight is 301 g/mol. The third-order valence-corrected chi connectivity index (χ3v) is 3.76. The van der Waals surface area contributed by atoms with E-state index in [0.717, 1.165) is 11.3 Å². The number of imide groups is 1. The minimum absolute atomic E-state index is 0.0240. The molecule has 0 unspecified atom stereocenters. The number of carbonyl (C=O) groups excluding carboxylic acids is 2. The minimum atomic E-state index is -0.481. The van der Waals surface area contributed by atoms with Gasteiger partial charge >= 0.3 is 6.03 Å². The molecule has 0 bridgehead atoms. The number of rotatable bonds is 4. The van der Waals surface area contributed by atoms with Crippen LogP contribution in [0.4, 0.5) is 9.18 Å². The van der Waals surface area contributed by atoms with Gasteiger partial charge in [-0.3, -0.25) is 14.7 Å². The van der Waals surface area contributed by atoms with E-state index in [1.807, 2.05) is 6.92 Å². The van der Waals surface area contributed by atoms with Crippen molar-refractivity contribution < 1.29 is 14.0 Å². The van der Waals surface area contributed by atoms with E-state index in [9.17, 15) is 14.0 Å². The van der Waals surface area contributed by atoms with Crippen molar-refractivity contribution in [2.24, 2.45) is 0 Å². The predicted molar refractivity (Wildman–Crippen MR) is 79.5 cm³/mol. The summed E-state index contributed by atoms with van der Waals surface area (Å²) in [6.07, 6.45) is 3.01. The summed E-state index contributed by atoms with van der Waals surface area (Å²) in [5.41, 5.74) is 1.12. The molecule has 0 radical (unpaired) electrons. The number of carbonyl (C=O) groups is 2. The topological polar surface area (TPSA) is 62.3 Å². The third-order valence-electron chi connectivity index (χ3n) is 3.76. The fourth-order valence-electron chi connectivity index (χ4n) is 2.73. The Hall–Kier alpha value is -2.50. The summed E-state index contributed by atoms with van der Waals surface area (Å²) in [5.74, 6) is -0.673. The minimum Gasteiger partial charge on any atom is -0.326 e. The van der Waals surface area contributed by atoms with Gasteiger partial charge in [-0.15, -0.1) is 0 Å². The summed E-state index contributed by atoms with van der Waals surface area (Å²) < 4.78 is 13.7. The molecule has 2 aromatic rings. The molecule has 2 heterocycles. The van der Waals surface area contributed by atoms with Crippen LogP contribution in [0.2, 0.25) is 0 Å². The number of hydrogen-bond acceptors (Lipinski definition) is 3. The average Bonchev–Trinajstić information content (AvgIpc) is 2.75. The zero-order valence-corrected chi connectivity index (χ0v) is 12.2. The van der Waals surface area contributed by atoms with Crippen molar-refractivity contribution in [3.8, 4) is 0 Å². The molecule has 1 aromatic carbocycles. The fraction of sp³-hybridized carbons (Fsp3) is 0.312. The highest BCUT2D eigenvalue weighted by Gasteiger charge is 2.37. The molecule has 0 aliphatic carbocycles. The maximum absolute atomic E-state index is 13.7. The number of fused-ring (bicyclic) bond motifs is 1. The Morgan fingerprint density at radius 2 is 2.18 bits per heavy atom. The molecule has 1 N–H and O–H groups in total. The lowest BCUT2D eigenvalue weighted by atomic mass is 10.1. The van der Waals surface area contributed by atoms with E-state index in [1.54, 1.807) is 18.3 Å². The largest absolute Gasteiger partial charge is 0.326 e. The monoisotopic (exact) mass is 301 g/mol. The lowest BCUT2D eigenvalue weighted by Crippen LogP contribution is -2.31. The van der Waals surface area contributed by atoms with Crippen LogP contribution in [0.5, 0.6) is 0 Å². The summed E-state index contributed by atoms with van der Waals surface area (Å²) >= 11 is 0. The number of urea groups is 1. The van der Waals surface area contributed by atoms with Crippen molar-refractivity contribution in [3.63, 3.8) is 0 Å². The van der Waals surface area contributed by atoms with Crippen molar-refractivity contribution >= 4 is 22.8 Å². The molecule has 22 heavy (non-hydrogen) atoms. The Labute approximate surface area is 127 Å². The van der Waals surface area contributed by atoms with E-state index < -0.39 is 17.9 Å². The van der Waals surface area contributed by atoms with Crippen LogP contribution in [-0.4, -0.2) is 27.9 Å². The maximum atomic E-state index is 13.7. The summed E-state index contributed by atoms with van der Waals surface area (Å²) in [5, 5.41) is 3.31. The highest BCUT2D eigenvalue weighted by atomic mass is 19.1. The molecular weight excluding hydrogens is 285 g/mol. The molecule has 6 heteroatoms. The van der Waals surface area contributed by atoms with Crippen LogP contribution in [-0.2, 0) is 11.3 Å². The lowest BCUT2D eigenvalue weighted by Gasteiger charge is -2.14. The van der Waals surface area contributed by atoms with Gasteiger partial charge in [-0.25, -0.2) is 9.18 Å². The van der Waals surface area contributed by atoms with Crippen LogP contribution >= 0.6 is 0 Å². The van der Waals surface area contributed by atoms with Gasteiger partial charge in [-0.1, -0.05) is 19.4 Å². The van der Waals surface area contributed by atoms with Gasteiger partial charge in [0, 0.05) is 17.1 Å². The number of nitrogens with one attached hydrogen (secondary N) is 1. The number of amides is 3. The molecule has 1 aliphatic rings. The van der Waals surface area contributed by atoms with E-state index in [2.05, 4.69) is 10.3 Å². The highest BCUT2D eigenvalue weighted by molar-refractivity contribution is 6.04. The summed E-state index contributed by atoms with van der Waals surface area (Å²) in [6.45, 7) is 1.97. The van der Waals surface area contributed by atoms with Crippen molar-refractivity contribution in [2.75, 3.05) is 0 Å². The first kappa shape index (κ1) is 14.4. The van der Waals surface area contributed by atoms with Crippen LogP contribution in [0.1, 0.15) is 25.3 Å². The molecule has 1 aromatic heterocycles. The predicted octanol–water partition coefficient (Wildman–Crippen LogP) is 2.59. The van der Waals surface area contributed by atoms with Gasteiger partial charge in [0.25, 0.3) is 5.91 Å². The Balaban J connectivity index is 1.93. The van der Waals surface area contributed by atoms with Gasteiger partial charge in [0.15, 0.2) is 0 Å². The quantitative estimate of drug-likeness (QED) is 0.883. The maximum Gasteiger partial charge on any atom is 0.325 e. The van der Waals surface area contributed by atoms with Crippen LogP contribution in [0.15, 0.2) is 30.5 Å². The Bertz CT molecular complexity index is 747. The van der Waals surface area contributed by atoms with Crippen molar-refractivity contribution in [3.05, 3.63) is 41.8 Å². The van der Waals surface area contributed by atoms with Crippen LogP contribution in [0.25, 0.3) is 10.9 Å². The second-order valence-corrected chi connectivity index (χ2v) is 5.36. The van der Waals surface area contributed by atoms with E-state index in [1.165, 1.54) is 12.1 Å². The second-order valence-electron chi connectivity index (χ2n) is 5.36.